The first kappa shape index (κ1) is 20.9. The summed E-state index contributed by atoms with van der Waals surface area (Å²) in [6.07, 6.45) is 1.81. The maximum atomic E-state index is 12.2. The van der Waals surface area contributed by atoms with Crippen molar-refractivity contribution in [1.82, 2.24) is 20.0 Å². The number of nitrogens with one attached hydrogen (secondary N) is 2. The van der Waals surface area contributed by atoms with Crippen LogP contribution in [0.4, 0.5) is 10.6 Å². The van der Waals surface area contributed by atoms with Gasteiger partial charge in [0.05, 0.1) is 18.9 Å². The lowest BCUT2D eigenvalue weighted by Gasteiger charge is -2.26. The van der Waals surface area contributed by atoms with E-state index in [0.29, 0.717) is 19.0 Å². The van der Waals surface area contributed by atoms with E-state index in [2.05, 4.69) is 20.6 Å². The molecule has 8 heteroatoms. The van der Waals surface area contributed by atoms with Gasteiger partial charge in [0, 0.05) is 38.4 Å². The van der Waals surface area contributed by atoms with Crippen LogP contribution in [0.3, 0.4) is 0 Å². The minimum absolute atomic E-state index is 0.308. The number of nitrogens with zero attached hydrogens (tertiary/aromatic N) is 3. The highest BCUT2D eigenvalue weighted by Crippen LogP contribution is 2.14. The first-order chi connectivity index (χ1) is 15.3. The van der Waals surface area contributed by atoms with Crippen molar-refractivity contribution < 1.29 is 14.3 Å². The Balaban J connectivity index is 1.22. The van der Waals surface area contributed by atoms with Crippen LogP contribution < -0.4 is 15.4 Å². The molecular formula is C23H27N5O3. The third kappa shape index (κ3) is 6.31. The summed E-state index contributed by atoms with van der Waals surface area (Å²) >= 11 is 0. The van der Waals surface area contributed by atoms with Crippen LogP contribution in [0, 0.1) is 0 Å². The molecule has 1 saturated heterocycles. The Kier molecular flexibility index (Phi) is 7.15. The number of aromatic nitrogens is 2. The second kappa shape index (κ2) is 10.6. The minimum Gasteiger partial charge on any atom is -0.492 e. The summed E-state index contributed by atoms with van der Waals surface area (Å²) in [5.74, 6) is 1.29. The van der Waals surface area contributed by atoms with E-state index in [4.69, 9.17) is 9.47 Å². The largest absolute Gasteiger partial charge is 0.492 e. The Labute approximate surface area is 181 Å². The lowest BCUT2D eigenvalue weighted by atomic mass is 10.2. The van der Waals surface area contributed by atoms with Gasteiger partial charge in [-0.15, -0.1) is 5.10 Å². The molecule has 3 aromatic rings. The van der Waals surface area contributed by atoms with Crippen molar-refractivity contribution in [2.75, 3.05) is 44.8 Å². The third-order valence-corrected chi connectivity index (χ3v) is 4.98. The summed E-state index contributed by atoms with van der Waals surface area (Å²) in [7, 11) is 0. The molecule has 1 aliphatic rings. The van der Waals surface area contributed by atoms with Gasteiger partial charge in [0.15, 0.2) is 5.82 Å². The van der Waals surface area contributed by atoms with Crippen LogP contribution in [0.2, 0.25) is 0 Å². The van der Waals surface area contributed by atoms with Gasteiger partial charge in [-0.1, -0.05) is 30.3 Å². The fourth-order valence-electron chi connectivity index (χ4n) is 3.32. The number of hydrogen-bond donors (Lipinski definition) is 2. The standard InChI is InChI=1S/C23H27N5O3/c29-23(25-22-9-10-28(26-22)20-6-2-1-3-7-20)24-18-19-5-4-8-21(17-19)31-16-13-27-11-14-30-15-12-27/h1-10,17H,11-16,18H2,(H2,24,25,26,29). The molecule has 0 bridgehead atoms. The van der Waals surface area contributed by atoms with Crippen LogP contribution in [0.5, 0.6) is 5.75 Å². The number of para-hydroxylation sites is 1. The van der Waals surface area contributed by atoms with E-state index in [-0.39, 0.29) is 6.03 Å². The van der Waals surface area contributed by atoms with Gasteiger partial charge in [0.2, 0.25) is 0 Å². The molecule has 162 valence electrons. The maximum absolute atomic E-state index is 12.2. The number of anilines is 1. The van der Waals surface area contributed by atoms with Gasteiger partial charge in [0.1, 0.15) is 12.4 Å². The van der Waals surface area contributed by atoms with Crippen LogP contribution in [0.15, 0.2) is 66.9 Å². The monoisotopic (exact) mass is 421 g/mol. The van der Waals surface area contributed by atoms with Gasteiger partial charge in [-0.3, -0.25) is 10.2 Å². The number of urea groups is 1. The molecule has 1 fully saturated rings. The molecule has 0 saturated carbocycles. The molecule has 4 rings (SSSR count). The Morgan fingerprint density at radius 3 is 2.74 bits per heavy atom. The highest BCUT2D eigenvalue weighted by molar-refractivity contribution is 5.88. The molecule has 0 aliphatic carbocycles. The Morgan fingerprint density at radius 1 is 1.06 bits per heavy atom. The Morgan fingerprint density at radius 2 is 1.90 bits per heavy atom. The van der Waals surface area contributed by atoms with Crippen LogP contribution in [-0.2, 0) is 11.3 Å². The van der Waals surface area contributed by atoms with Crippen molar-refractivity contribution >= 4 is 11.8 Å². The summed E-state index contributed by atoms with van der Waals surface area (Å²) in [6, 6.07) is 19.0. The number of carbonyl (C=O) groups is 1. The van der Waals surface area contributed by atoms with E-state index in [1.165, 1.54) is 0 Å². The lowest BCUT2D eigenvalue weighted by Crippen LogP contribution is -2.38. The second-order valence-electron chi connectivity index (χ2n) is 7.24. The van der Waals surface area contributed by atoms with Crippen molar-refractivity contribution in [2.24, 2.45) is 0 Å². The number of hydrogen-bond acceptors (Lipinski definition) is 5. The molecule has 2 aromatic carbocycles. The fraction of sp³-hybridized carbons (Fsp3) is 0.304. The number of rotatable bonds is 8. The summed E-state index contributed by atoms with van der Waals surface area (Å²) in [5, 5.41) is 9.99. The number of ether oxygens (including phenoxy) is 2. The molecule has 0 spiro atoms. The Bertz CT molecular complexity index is 970. The van der Waals surface area contributed by atoms with E-state index in [9.17, 15) is 4.79 Å². The average Bonchev–Trinajstić information content (AvgIpc) is 3.28. The summed E-state index contributed by atoms with van der Waals surface area (Å²) in [5.41, 5.74) is 1.90. The molecule has 1 aromatic heterocycles. The zero-order chi connectivity index (χ0) is 21.3. The van der Waals surface area contributed by atoms with Crippen LogP contribution in [-0.4, -0.2) is 60.2 Å². The molecule has 1 aliphatic heterocycles. The molecule has 8 nitrogen and oxygen atoms in total. The molecule has 2 heterocycles. The smallest absolute Gasteiger partial charge is 0.320 e. The molecule has 2 amide bonds. The summed E-state index contributed by atoms with van der Waals surface area (Å²) in [6.45, 7) is 5.38. The predicted molar refractivity (Wildman–Crippen MR) is 119 cm³/mol. The van der Waals surface area contributed by atoms with Gasteiger partial charge >= 0.3 is 6.03 Å². The third-order valence-electron chi connectivity index (χ3n) is 4.98. The van der Waals surface area contributed by atoms with Gasteiger partial charge in [0.25, 0.3) is 0 Å². The van der Waals surface area contributed by atoms with Crippen LogP contribution in [0.25, 0.3) is 5.69 Å². The quantitative estimate of drug-likeness (QED) is 0.585. The molecule has 31 heavy (non-hydrogen) atoms. The number of morpholine rings is 1. The highest BCUT2D eigenvalue weighted by atomic mass is 16.5. The topological polar surface area (TPSA) is 80.6 Å². The zero-order valence-electron chi connectivity index (χ0n) is 17.4. The van der Waals surface area contributed by atoms with Crippen LogP contribution in [0.1, 0.15) is 5.56 Å². The van der Waals surface area contributed by atoms with Crippen molar-refractivity contribution in [3.63, 3.8) is 0 Å². The molecule has 0 radical (unpaired) electrons. The fourth-order valence-corrected chi connectivity index (χ4v) is 3.32. The van der Waals surface area contributed by atoms with Crippen molar-refractivity contribution in [1.29, 1.82) is 0 Å². The number of amides is 2. The van der Waals surface area contributed by atoms with E-state index < -0.39 is 0 Å². The van der Waals surface area contributed by atoms with Crippen molar-refractivity contribution in [3.8, 4) is 11.4 Å². The van der Waals surface area contributed by atoms with Crippen molar-refractivity contribution in [2.45, 2.75) is 6.54 Å². The van der Waals surface area contributed by atoms with E-state index in [1.807, 2.05) is 60.8 Å². The SMILES string of the molecule is O=C(NCc1cccc(OCCN2CCOCC2)c1)Nc1ccn(-c2ccccc2)n1. The molecular weight excluding hydrogens is 394 g/mol. The maximum Gasteiger partial charge on any atom is 0.320 e. The second-order valence-corrected chi connectivity index (χ2v) is 7.24. The van der Waals surface area contributed by atoms with Gasteiger partial charge in [-0.2, -0.15) is 0 Å². The van der Waals surface area contributed by atoms with Crippen molar-refractivity contribution in [3.05, 3.63) is 72.4 Å². The van der Waals surface area contributed by atoms with Gasteiger partial charge in [-0.05, 0) is 29.8 Å². The number of carbonyl (C=O) groups excluding carboxylic acids is 1. The summed E-state index contributed by atoms with van der Waals surface area (Å²) < 4.78 is 12.9. The molecule has 0 atom stereocenters. The molecule has 0 unspecified atom stereocenters. The zero-order valence-corrected chi connectivity index (χ0v) is 17.4. The highest BCUT2D eigenvalue weighted by Gasteiger charge is 2.10. The minimum atomic E-state index is -0.308. The van der Waals surface area contributed by atoms with Gasteiger partial charge < -0.3 is 14.8 Å². The number of benzene rings is 2. The van der Waals surface area contributed by atoms with E-state index in [0.717, 1.165) is 49.8 Å². The normalized spacial score (nSPS) is 14.2. The average molecular weight is 422 g/mol. The first-order valence-corrected chi connectivity index (χ1v) is 10.4. The molecule has 2 N–H and O–H groups in total. The van der Waals surface area contributed by atoms with E-state index in [1.54, 1.807) is 10.7 Å². The van der Waals surface area contributed by atoms with Gasteiger partial charge in [-0.25, -0.2) is 9.48 Å². The summed E-state index contributed by atoms with van der Waals surface area (Å²) in [4.78, 5) is 14.6. The predicted octanol–water partition coefficient (Wildman–Crippen LogP) is 2.91. The lowest BCUT2D eigenvalue weighted by molar-refractivity contribution is 0.0322. The Hall–Kier alpha value is -3.36. The first-order valence-electron chi connectivity index (χ1n) is 10.4. The van der Waals surface area contributed by atoms with Crippen LogP contribution >= 0.6 is 0 Å². The van der Waals surface area contributed by atoms with E-state index >= 15 is 0 Å².